The average Bonchev–Trinajstić information content (AvgIpc) is 3.16. The summed E-state index contributed by atoms with van der Waals surface area (Å²) in [6.45, 7) is 4.10. The van der Waals surface area contributed by atoms with Crippen LogP contribution in [0.15, 0.2) is 60.7 Å². The van der Waals surface area contributed by atoms with Gasteiger partial charge in [0.1, 0.15) is 6.04 Å². The summed E-state index contributed by atoms with van der Waals surface area (Å²) in [7, 11) is 1.32. The maximum atomic E-state index is 14.1. The number of ether oxygens (including phenoxy) is 1. The number of nitrogens with one attached hydrogen (secondary N) is 1. The molecule has 0 aliphatic carbocycles. The van der Waals surface area contributed by atoms with Gasteiger partial charge in [-0.2, -0.15) is 0 Å². The van der Waals surface area contributed by atoms with Crippen LogP contribution in [0.4, 0.5) is 10.1 Å². The van der Waals surface area contributed by atoms with E-state index in [1.807, 2.05) is 26.0 Å². The van der Waals surface area contributed by atoms with Crippen LogP contribution >= 0.6 is 11.6 Å². The van der Waals surface area contributed by atoms with Crippen LogP contribution < -0.4 is 5.32 Å². The average molecular weight is 495 g/mol. The molecule has 1 aliphatic rings. The topological polar surface area (TPSA) is 75.7 Å². The number of fused-ring (bicyclic) bond motifs is 1. The number of benzene rings is 3. The van der Waals surface area contributed by atoms with E-state index in [0.29, 0.717) is 17.8 Å². The van der Waals surface area contributed by atoms with Gasteiger partial charge in [0.2, 0.25) is 0 Å². The SMILES string of the molecule is COC(=O)[C@H](C(C)C)N1Cc2ccc(-c3ccc(NC(=O)c4cccc(Cl)c4F)cc3)cc2C1=O. The highest BCUT2D eigenvalue weighted by atomic mass is 35.5. The first-order valence-electron chi connectivity index (χ1n) is 11.1. The second-order valence-corrected chi connectivity index (χ2v) is 9.06. The Hall–Kier alpha value is -3.71. The van der Waals surface area contributed by atoms with Crippen LogP contribution in [-0.2, 0) is 16.1 Å². The van der Waals surface area contributed by atoms with Crippen LogP contribution in [0.3, 0.4) is 0 Å². The summed E-state index contributed by atoms with van der Waals surface area (Å²) in [5.74, 6) is -2.11. The largest absolute Gasteiger partial charge is 0.467 e. The van der Waals surface area contributed by atoms with Crippen molar-refractivity contribution in [3.05, 3.63) is 88.2 Å². The van der Waals surface area contributed by atoms with E-state index in [0.717, 1.165) is 16.7 Å². The number of esters is 1. The fourth-order valence-corrected chi connectivity index (χ4v) is 4.41. The summed E-state index contributed by atoms with van der Waals surface area (Å²) in [6.07, 6.45) is 0. The molecule has 3 aromatic carbocycles. The zero-order chi connectivity index (χ0) is 25.3. The molecule has 0 unspecified atom stereocenters. The third-order valence-corrected chi connectivity index (χ3v) is 6.32. The first kappa shape index (κ1) is 24.4. The number of anilines is 1. The molecule has 0 fully saturated rings. The number of nitrogens with zero attached hydrogens (tertiary/aromatic N) is 1. The van der Waals surface area contributed by atoms with Crippen LogP contribution in [0.1, 0.15) is 40.1 Å². The first-order chi connectivity index (χ1) is 16.7. The molecule has 6 nitrogen and oxygen atoms in total. The number of rotatable bonds is 6. The van der Waals surface area contributed by atoms with E-state index < -0.39 is 23.7 Å². The number of carbonyl (C=O) groups excluding carboxylic acids is 3. The predicted octanol–water partition coefficient (Wildman–Crippen LogP) is 5.55. The predicted molar refractivity (Wildman–Crippen MR) is 132 cm³/mol. The Morgan fingerprint density at radius 2 is 1.74 bits per heavy atom. The molecule has 0 spiro atoms. The molecule has 0 bridgehead atoms. The van der Waals surface area contributed by atoms with E-state index in [9.17, 15) is 18.8 Å². The highest BCUT2D eigenvalue weighted by molar-refractivity contribution is 6.31. The molecular formula is C27H24ClFN2O4. The van der Waals surface area contributed by atoms with Gasteiger partial charge in [0.05, 0.1) is 17.7 Å². The molecule has 0 radical (unpaired) electrons. The molecule has 0 saturated heterocycles. The number of amides is 2. The lowest BCUT2D eigenvalue weighted by molar-refractivity contribution is -0.147. The molecule has 3 aromatic rings. The second kappa shape index (κ2) is 9.88. The molecule has 1 N–H and O–H groups in total. The smallest absolute Gasteiger partial charge is 0.328 e. The van der Waals surface area contributed by atoms with E-state index in [4.69, 9.17) is 16.3 Å². The van der Waals surface area contributed by atoms with Crippen molar-refractivity contribution in [2.75, 3.05) is 12.4 Å². The van der Waals surface area contributed by atoms with E-state index in [1.165, 1.54) is 25.3 Å². The normalized spacial score (nSPS) is 13.5. The van der Waals surface area contributed by atoms with Gasteiger partial charge in [0.25, 0.3) is 11.8 Å². The number of hydrogen-bond acceptors (Lipinski definition) is 4. The van der Waals surface area contributed by atoms with Crippen molar-refractivity contribution in [3.63, 3.8) is 0 Å². The highest BCUT2D eigenvalue weighted by Gasteiger charge is 2.38. The molecule has 4 rings (SSSR count). The van der Waals surface area contributed by atoms with Crippen LogP contribution in [0, 0.1) is 11.7 Å². The van der Waals surface area contributed by atoms with Gasteiger partial charge in [0, 0.05) is 17.8 Å². The molecule has 35 heavy (non-hydrogen) atoms. The lowest BCUT2D eigenvalue weighted by Crippen LogP contribution is -2.45. The lowest BCUT2D eigenvalue weighted by Gasteiger charge is -2.28. The second-order valence-electron chi connectivity index (χ2n) is 8.65. The van der Waals surface area contributed by atoms with Gasteiger partial charge in [-0.05, 0) is 52.9 Å². The van der Waals surface area contributed by atoms with Gasteiger partial charge < -0.3 is 15.0 Å². The quantitative estimate of drug-likeness (QED) is 0.456. The standard InChI is InChI=1S/C27H24ClFN2O4/c1-15(2)24(27(34)35-3)31-14-18-8-7-17(13-21(18)26(31)33)16-9-11-19(12-10-16)30-25(32)20-5-4-6-22(28)23(20)29/h4-13,15,24H,14H2,1-3H3,(H,30,32)/t24-/m0/s1. The van der Waals surface area contributed by atoms with E-state index in [2.05, 4.69) is 5.32 Å². The Labute approximate surface area is 207 Å². The van der Waals surface area contributed by atoms with Crippen molar-refractivity contribution >= 4 is 35.1 Å². The zero-order valence-electron chi connectivity index (χ0n) is 19.5. The summed E-state index contributed by atoms with van der Waals surface area (Å²) < 4.78 is 19.0. The van der Waals surface area contributed by atoms with E-state index >= 15 is 0 Å². The lowest BCUT2D eigenvalue weighted by atomic mass is 10.00. The summed E-state index contributed by atoms with van der Waals surface area (Å²) in [5, 5.41) is 2.54. The molecule has 0 aromatic heterocycles. The number of halogens is 2. The van der Waals surface area contributed by atoms with Gasteiger partial charge in [0.15, 0.2) is 5.82 Å². The molecule has 1 atom stereocenters. The third kappa shape index (κ3) is 4.77. The fourth-order valence-electron chi connectivity index (χ4n) is 4.23. The monoisotopic (exact) mass is 494 g/mol. The summed E-state index contributed by atoms with van der Waals surface area (Å²) in [4.78, 5) is 39.4. The Morgan fingerprint density at radius 3 is 2.40 bits per heavy atom. The molecule has 8 heteroatoms. The molecule has 1 heterocycles. The minimum absolute atomic E-state index is 0.0941. The van der Waals surface area contributed by atoms with Crippen molar-refractivity contribution in [2.24, 2.45) is 5.92 Å². The van der Waals surface area contributed by atoms with Gasteiger partial charge in [-0.15, -0.1) is 0 Å². The van der Waals surface area contributed by atoms with Gasteiger partial charge >= 0.3 is 5.97 Å². The Kier molecular flexibility index (Phi) is 6.89. The van der Waals surface area contributed by atoms with Crippen molar-refractivity contribution in [2.45, 2.75) is 26.4 Å². The summed E-state index contributed by atoms with van der Waals surface area (Å²) >= 11 is 5.76. The van der Waals surface area contributed by atoms with Gasteiger partial charge in [-0.25, -0.2) is 9.18 Å². The first-order valence-corrected chi connectivity index (χ1v) is 11.5. The Bertz CT molecular complexity index is 1310. The minimum atomic E-state index is -0.771. The van der Waals surface area contributed by atoms with Crippen LogP contribution in [0.2, 0.25) is 5.02 Å². The van der Waals surface area contributed by atoms with Crippen molar-refractivity contribution in [1.29, 1.82) is 0 Å². The molecule has 0 saturated carbocycles. The van der Waals surface area contributed by atoms with Crippen molar-refractivity contribution < 1.29 is 23.5 Å². The molecule has 180 valence electrons. The molecule has 2 amide bonds. The van der Waals surface area contributed by atoms with Crippen LogP contribution in [0.25, 0.3) is 11.1 Å². The third-order valence-electron chi connectivity index (χ3n) is 6.02. The number of methoxy groups -OCH3 is 1. The maximum absolute atomic E-state index is 14.1. The van der Waals surface area contributed by atoms with Crippen molar-refractivity contribution in [3.8, 4) is 11.1 Å². The van der Waals surface area contributed by atoms with Gasteiger partial charge in [-0.3, -0.25) is 9.59 Å². The molecule has 1 aliphatic heterocycles. The number of carbonyl (C=O) groups is 3. The van der Waals surface area contributed by atoms with Crippen LogP contribution in [-0.4, -0.2) is 35.8 Å². The molecular weight excluding hydrogens is 471 g/mol. The summed E-state index contributed by atoms with van der Waals surface area (Å²) in [6, 6.07) is 16.2. The zero-order valence-corrected chi connectivity index (χ0v) is 20.2. The fraction of sp³-hybridized carbons (Fsp3) is 0.222. The number of hydrogen-bond donors (Lipinski definition) is 1. The van der Waals surface area contributed by atoms with Crippen LogP contribution in [0.5, 0.6) is 0 Å². The van der Waals surface area contributed by atoms with E-state index in [1.54, 1.807) is 35.2 Å². The Morgan fingerprint density at radius 1 is 1.06 bits per heavy atom. The van der Waals surface area contributed by atoms with Crippen molar-refractivity contribution in [1.82, 2.24) is 4.90 Å². The minimum Gasteiger partial charge on any atom is -0.467 e. The Balaban J connectivity index is 1.53. The highest BCUT2D eigenvalue weighted by Crippen LogP contribution is 2.32. The maximum Gasteiger partial charge on any atom is 0.328 e. The summed E-state index contributed by atoms with van der Waals surface area (Å²) in [5.41, 5.74) is 3.39. The van der Waals surface area contributed by atoms with Gasteiger partial charge in [-0.1, -0.05) is 55.8 Å². The van der Waals surface area contributed by atoms with E-state index in [-0.39, 0.29) is 22.4 Å².